The summed E-state index contributed by atoms with van der Waals surface area (Å²) in [4.78, 5) is 4.51. The highest BCUT2D eigenvalue weighted by atomic mass is 32.1. The third kappa shape index (κ3) is 2.71. The van der Waals surface area contributed by atoms with E-state index in [0.29, 0.717) is 0 Å². The van der Waals surface area contributed by atoms with Crippen molar-refractivity contribution in [3.8, 4) is 0 Å². The molecule has 2 aromatic rings. The van der Waals surface area contributed by atoms with Crippen LogP contribution in [0.1, 0.15) is 36.4 Å². The molecular formula is C12H16N2OS. The van der Waals surface area contributed by atoms with Crippen LogP contribution in [0.15, 0.2) is 28.2 Å². The van der Waals surface area contributed by atoms with E-state index in [1.807, 2.05) is 12.1 Å². The first-order valence-electron chi connectivity index (χ1n) is 5.49. The van der Waals surface area contributed by atoms with Gasteiger partial charge in [-0.1, -0.05) is 6.92 Å². The summed E-state index contributed by atoms with van der Waals surface area (Å²) in [6.07, 6.45) is 2.71. The van der Waals surface area contributed by atoms with E-state index < -0.39 is 0 Å². The number of aryl methyl sites for hydroxylation is 1. The van der Waals surface area contributed by atoms with Gasteiger partial charge in [-0.05, 0) is 25.5 Å². The zero-order valence-corrected chi connectivity index (χ0v) is 10.4. The van der Waals surface area contributed by atoms with Gasteiger partial charge in [0.25, 0.3) is 0 Å². The average Bonchev–Trinajstić information content (AvgIpc) is 2.96. The number of aromatic nitrogens is 1. The molecule has 3 nitrogen and oxygen atoms in total. The van der Waals surface area contributed by atoms with E-state index in [1.54, 1.807) is 17.6 Å². The van der Waals surface area contributed by atoms with Crippen LogP contribution in [0.3, 0.4) is 0 Å². The van der Waals surface area contributed by atoms with E-state index in [2.05, 4.69) is 29.5 Å². The number of nitrogens with one attached hydrogen (secondary N) is 1. The van der Waals surface area contributed by atoms with E-state index in [9.17, 15) is 0 Å². The maximum Gasteiger partial charge on any atom is 0.120 e. The molecule has 0 spiro atoms. The number of thiazole rings is 1. The quantitative estimate of drug-likeness (QED) is 0.866. The van der Waals surface area contributed by atoms with Crippen LogP contribution in [0.4, 0.5) is 0 Å². The highest BCUT2D eigenvalue weighted by Crippen LogP contribution is 2.14. The van der Waals surface area contributed by atoms with Gasteiger partial charge in [-0.25, -0.2) is 4.98 Å². The highest BCUT2D eigenvalue weighted by molar-refractivity contribution is 7.09. The van der Waals surface area contributed by atoms with Crippen molar-refractivity contribution in [2.45, 2.75) is 32.9 Å². The van der Waals surface area contributed by atoms with Gasteiger partial charge in [0.2, 0.25) is 0 Å². The molecule has 1 N–H and O–H groups in total. The number of hydrogen-bond donors (Lipinski definition) is 1. The Morgan fingerprint density at radius 3 is 3.06 bits per heavy atom. The van der Waals surface area contributed by atoms with Gasteiger partial charge in [-0.2, -0.15) is 0 Å². The van der Waals surface area contributed by atoms with Gasteiger partial charge in [-0.3, -0.25) is 0 Å². The standard InChI is InChI=1S/C12H16N2OS/c1-3-12-14-10(8-16-12)7-13-9(2)11-5-4-6-15-11/h4-6,8-9,13H,3,7H2,1-2H3/t9-/m1/s1. The van der Waals surface area contributed by atoms with Crippen molar-refractivity contribution in [2.24, 2.45) is 0 Å². The first-order valence-corrected chi connectivity index (χ1v) is 6.37. The van der Waals surface area contributed by atoms with Gasteiger partial charge < -0.3 is 9.73 Å². The molecule has 86 valence electrons. The molecule has 0 bridgehead atoms. The van der Waals surface area contributed by atoms with Crippen LogP contribution in [-0.2, 0) is 13.0 Å². The Hall–Kier alpha value is -1.13. The summed E-state index contributed by atoms with van der Waals surface area (Å²) in [5, 5.41) is 6.70. The molecule has 0 aliphatic rings. The molecule has 2 aromatic heterocycles. The lowest BCUT2D eigenvalue weighted by Crippen LogP contribution is -2.17. The van der Waals surface area contributed by atoms with Crippen molar-refractivity contribution in [1.82, 2.24) is 10.3 Å². The zero-order valence-electron chi connectivity index (χ0n) is 9.56. The Labute approximate surface area is 99.5 Å². The fourth-order valence-electron chi connectivity index (χ4n) is 1.49. The van der Waals surface area contributed by atoms with Gasteiger partial charge in [0.1, 0.15) is 5.76 Å². The van der Waals surface area contributed by atoms with Crippen molar-refractivity contribution in [2.75, 3.05) is 0 Å². The second kappa shape index (κ2) is 5.27. The molecule has 0 aliphatic carbocycles. The van der Waals surface area contributed by atoms with Crippen molar-refractivity contribution in [3.05, 3.63) is 40.2 Å². The molecule has 0 radical (unpaired) electrons. The van der Waals surface area contributed by atoms with Gasteiger partial charge >= 0.3 is 0 Å². The minimum atomic E-state index is 0.224. The molecular weight excluding hydrogens is 220 g/mol. The molecule has 0 fully saturated rings. The maximum absolute atomic E-state index is 5.33. The third-order valence-corrected chi connectivity index (χ3v) is 3.50. The zero-order chi connectivity index (χ0) is 11.4. The second-order valence-corrected chi connectivity index (χ2v) is 4.65. The highest BCUT2D eigenvalue weighted by Gasteiger charge is 2.08. The largest absolute Gasteiger partial charge is 0.468 e. The van der Waals surface area contributed by atoms with E-state index >= 15 is 0 Å². The molecule has 1 atom stereocenters. The van der Waals surface area contributed by atoms with Crippen molar-refractivity contribution in [3.63, 3.8) is 0 Å². The van der Waals surface area contributed by atoms with E-state index in [1.165, 1.54) is 5.01 Å². The Balaban J connectivity index is 1.87. The summed E-state index contributed by atoms with van der Waals surface area (Å²) in [6, 6.07) is 4.11. The summed E-state index contributed by atoms with van der Waals surface area (Å²) in [5.74, 6) is 0.964. The van der Waals surface area contributed by atoms with Crippen molar-refractivity contribution in [1.29, 1.82) is 0 Å². The number of nitrogens with zero attached hydrogens (tertiary/aromatic N) is 1. The monoisotopic (exact) mass is 236 g/mol. The molecule has 0 saturated heterocycles. The molecule has 0 saturated carbocycles. The maximum atomic E-state index is 5.33. The Bertz CT molecular complexity index is 422. The van der Waals surface area contributed by atoms with Crippen LogP contribution in [0.2, 0.25) is 0 Å². The summed E-state index contributed by atoms with van der Waals surface area (Å²) >= 11 is 1.72. The van der Waals surface area contributed by atoms with E-state index in [4.69, 9.17) is 4.42 Å². The van der Waals surface area contributed by atoms with E-state index in [-0.39, 0.29) is 6.04 Å². The van der Waals surface area contributed by atoms with Crippen molar-refractivity contribution >= 4 is 11.3 Å². The smallest absolute Gasteiger partial charge is 0.120 e. The topological polar surface area (TPSA) is 38.1 Å². The third-order valence-electron chi connectivity index (χ3n) is 2.46. The second-order valence-electron chi connectivity index (χ2n) is 3.70. The van der Waals surface area contributed by atoms with Crippen LogP contribution < -0.4 is 5.32 Å². The molecule has 16 heavy (non-hydrogen) atoms. The SMILES string of the molecule is CCc1nc(CN[C@H](C)c2ccco2)cs1. The Morgan fingerprint density at radius 2 is 2.44 bits per heavy atom. The van der Waals surface area contributed by atoms with Gasteiger partial charge in [-0.15, -0.1) is 11.3 Å². The van der Waals surface area contributed by atoms with Gasteiger partial charge in [0.05, 0.1) is 23.0 Å². The molecule has 2 rings (SSSR count). The summed E-state index contributed by atoms with van der Waals surface area (Å²) in [7, 11) is 0. The predicted molar refractivity (Wildman–Crippen MR) is 65.5 cm³/mol. The van der Waals surface area contributed by atoms with Gasteiger partial charge in [0, 0.05) is 11.9 Å². The molecule has 0 amide bonds. The fourth-order valence-corrected chi connectivity index (χ4v) is 2.23. The van der Waals surface area contributed by atoms with Crippen LogP contribution in [0, 0.1) is 0 Å². The fraction of sp³-hybridized carbons (Fsp3) is 0.417. The molecule has 2 heterocycles. The van der Waals surface area contributed by atoms with Crippen molar-refractivity contribution < 1.29 is 4.42 Å². The number of hydrogen-bond acceptors (Lipinski definition) is 4. The Kier molecular flexibility index (Phi) is 3.74. The molecule has 4 heteroatoms. The predicted octanol–water partition coefficient (Wildman–Crippen LogP) is 3.15. The Morgan fingerprint density at radius 1 is 1.56 bits per heavy atom. The average molecular weight is 236 g/mol. The minimum absolute atomic E-state index is 0.224. The first-order chi connectivity index (χ1) is 7.79. The van der Waals surface area contributed by atoms with Crippen LogP contribution >= 0.6 is 11.3 Å². The normalized spacial score (nSPS) is 12.9. The summed E-state index contributed by atoms with van der Waals surface area (Å²) in [6.45, 7) is 5.01. The lowest BCUT2D eigenvalue weighted by molar-refractivity contribution is 0.429. The van der Waals surface area contributed by atoms with Crippen LogP contribution in [-0.4, -0.2) is 4.98 Å². The number of furan rings is 1. The lowest BCUT2D eigenvalue weighted by Gasteiger charge is -2.09. The van der Waals surface area contributed by atoms with Crippen LogP contribution in [0.5, 0.6) is 0 Å². The first kappa shape index (κ1) is 11.4. The molecule has 0 aliphatic heterocycles. The lowest BCUT2D eigenvalue weighted by atomic mass is 10.2. The van der Waals surface area contributed by atoms with Crippen LogP contribution in [0.25, 0.3) is 0 Å². The molecule has 0 unspecified atom stereocenters. The molecule has 0 aromatic carbocycles. The van der Waals surface area contributed by atoms with Gasteiger partial charge in [0.15, 0.2) is 0 Å². The van der Waals surface area contributed by atoms with E-state index in [0.717, 1.165) is 24.4 Å². The number of rotatable bonds is 5. The summed E-state index contributed by atoms with van der Waals surface area (Å²) in [5.41, 5.74) is 1.11. The minimum Gasteiger partial charge on any atom is -0.468 e. The summed E-state index contributed by atoms with van der Waals surface area (Å²) < 4.78 is 5.33.